The molecule has 13 heteroatoms. The van der Waals surface area contributed by atoms with Crippen molar-refractivity contribution in [2.75, 3.05) is 0 Å². The van der Waals surface area contributed by atoms with Crippen molar-refractivity contribution < 1.29 is 33.0 Å². The monoisotopic (exact) mass is 290 g/mol. The van der Waals surface area contributed by atoms with Gasteiger partial charge in [0.05, 0.1) is 0 Å². The zero-order valence-electron chi connectivity index (χ0n) is 3.91. The van der Waals surface area contributed by atoms with Crippen LogP contribution in [0.15, 0.2) is 0 Å². The molecule has 0 aromatic rings. The Hall–Kier alpha value is 4.90. The molecule has 0 saturated carbocycles. The number of phosphoric acid groups is 2. The molecule has 0 unspecified atom stereocenters. The van der Waals surface area contributed by atoms with E-state index in [9.17, 15) is 9.13 Å². The van der Waals surface area contributed by atoms with Crippen molar-refractivity contribution in [1.82, 2.24) is 0 Å². The average Bonchev–Trinajstić information content (AvgIpc) is 1.14. The summed E-state index contributed by atoms with van der Waals surface area (Å²) in [5.74, 6) is 0. The van der Waals surface area contributed by atoms with Crippen molar-refractivity contribution >= 4 is 156 Å². The van der Waals surface area contributed by atoms with Crippen molar-refractivity contribution in [2.45, 2.75) is 0 Å². The molecule has 0 saturated heterocycles. The van der Waals surface area contributed by atoms with E-state index in [-0.39, 0.29) is 140 Å². The summed E-state index contributed by atoms with van der Waals surface area (Å²) in [6.45, 7) is 0. The minimum atomic E-state index is -5.05. The standard InChI is InChI=1S/K.3Na.H4O7P2.4H/c;;;;1-8(2,3)7-9(4,5)6;;;;/h;;;;(H2,1,2,3)(H2,4,5,6);;;;. The first-order valence-electron chi connectivity index (χ1n) is 1.53. The summed E-state index contributed by atoms with van der Waals surface area (Å²) in [5.41, 5.74) is 0. The van der Waals surface area contributed by atoms with E-state index in [0.717, 1.165) is 0 Å². The second kappa shape index (κ2) is 13.3. The van der Waals surface area contributed by atoms with Gasteiger partial charge in [-0.15, -0.1) is 0 Å². The molecule has 7 nitrogen and oxygen atoms in total. The van der Waals surface area contributed by atoms with Crippen molar-refractivity contribution in [3.8, 4) is 0 Å². The molecule has 0 amide bonds. The summed E-state index contributed by atoms with van der Waals surface area (Å²) in [4.78, 5) is 31.0. The minimum absolute atomic E-state index is 0. The van der Waals surface area contributed by atoms with Crippen LogP contribution in [0.3, 0.4) is 0 Å². The van der Waals surface area contributed by atoms with E-state index in [0.29, 0.717) is 0 Å². The SMILES string of the molecule is O=P(O)(O)OP(=O)(O)O.[KH].[NaH].[NaH].[NaH]. The molecule has 0 aliphatic rings. The molecule has 4 N–H and O–H groups in total. The zero-order chi connectivity index (χ0) is 7.71. The van der Waals surface area contributed by atoms with Gasteiger partial charge in [0, 0.05) is 0 Å². The van der Waals surface area contributed by atoms with Crippen molar-refractivity contribution in [2.24, 2.45) is 0 Å². The van der Waals surface area contributed by atoms with E-state index >= 15 is 0 Å². The fourth-order valence-corrected chi connectivity index (χ4v) is 1.25. The van der Waals surface area contributed by atoms with Gasteiger partial charge < -0.3 is 19.6 Å². The van der Waals surface area contributed by atoms with Crippen LogP contribution >= 0.6 is 15.6 Å². The van der Waals surface area contributed by atoms with E-state index in [4.69, 9.17) is 19.6 Å². The molecule has 0 heterocycles. The predicted molar refractivity (Wildman–Crippen MR) is 53.8 cm³/mol. The number of rotatable bonds is 2. The van der Waals surface area contributed by atoms with Crippen LogP contribution in [0.4, 0.5) is 0 Å². The Morgan fingerprint density at radius 3 is 0.923 bits per heavy atom. The Morgan fingerprint density at radius 1 is 0.769 bits per heavy atom. The van der Waals surface area contributed by atoms with E-state index in [2.05, 4.69) is 4.31 Å². The van der Waals surface area contributed by atoms with Gasteiger partial charge in [-0.1, -0.05) is 0 Å². The molecule has 0 aromatic heterocycles. The second-order valence-corrected chi connectivity index (χ2v) is 3.68. The Morgan fingerprint density at radius 2 is 0.923 bits per heavy atom. The molecule has 0 atom stereocenters. The summed E-state index contributed by atoms with van der Waals surface area (Å²) in [6.07, 6.45) is 0. The van der Waals surface area contributed by atoms with Gasteiger partial charge in [0.15, 0.2) is 0 Å². The quantitative estimate of drug-likeness (QED) is 0.308. The Bertz CT molecular complexity index is 162. The normalized spacial score (nSPS) is 9.54. The molecule has 0 bridgehead atoms. The van der Waals surface area contributed by atoms with E-state index in [1.807, 2.05) is 0 Å². The van der Waals surface area contributed by atoms with E-state index < -0.39 is 15.6 Å². The van der Waals surface area contributed by atoms with Crippen LogP contribution in [-0.2, 0) is 13.4 Å². The topological polar surface area (TPSA) is 124 Å². The molecular formula is H8KNa3O7P2. The van der Waals surface area contributed by atoms with Gasteiger partial charge in [0.25, 0.3) is 0 Å². The van der Waals surface area contributed by atoms with Gasteiger partial charge in [-0.05, 0) is 0 Å². The molecular weight excluding hydrogens is 282 g/mol. The van der Waals surface area contributed by atoms with Gasteiger partial charge in [0.2, 0.25) is 0 Å². The summed E-state index contributed by atoms with van der Waals surface area (Å²) < 4.78 is 22.2. The van der Waals surface area contributed by atoms with Gasteiger partial charge in [-0.3, -0.25) is 0 Å². The number of hydrogen-bond acceptors (Lipinski definition) is 3. The molecule has 0 aromatic carbocycles. The third-order valence-corrected chi connectivity index (χ3v) is 1.91. The van der Waals surface area contributed by atoms with Gasteiger partial charge in [0.1, 0.15) is 0 Å². The van der Waals surface area contributed by atoms with Crippen LogP contribution in [-0.4, -0.2) is 160 Å². The molecule has 0 aliphatic carbocycles. The van der Waals surface area contributed by atoms with Crippen molar-refractivity contribution in [3.05, 3.63) is 0 Å². The summed E-state index contributed by atoms with van der Waals surface area (Å²) in [7, 11) is -10.1. The van der Waals surface area contributed by atoms with Crippen LogP contribution in [0.5, 0.6) is 0 Å². The Labute approximate surface area is 184 Å². The summed E-state index contributed by atoms with van der Waals surface area (Å²) in [6, 6.07) is 0. The third kappa shape index (κ3) is 31.6. The summed E-state index contributed by atoms with van der Waals surface area (Å²) in [5, 5.41) is 0. The van der Waals surface area contributed by atoms with Crippen LogP contribution in [0.25, 0.3) is 0 Å². The fourth-order valence-electron chi connectivity index (χ4n) is 0.139. The van der Waals surface area contributed by atoms with Gasteiger partial charge in [-0.25, -0.2) is 9.13 Å². The first-order chi connectivity index (χ1) is 3.71. The fraction of sp³-hybridized carbons (Fsp3) is 0. The van der Waals surface area contributed by atoms with Crippen LogP contribution in [0.2, 0.25) is 0 Å². The van der Waals surface area contributed by atoms with Crippen LogP contribution < -0.4 is 0 Å². The zero-order valence-corrected chi connectivity index (χ0v) is 5.70. The molecule has 64 valence electrons. The summed E-state index contributed by atoms with van der Waals surface area (Å²) >= 11 is 0. The molecule has 0 spiro atoms. The third-order valence-electron chi connectivity index (χ3n) is 0.213. The van der Waals surface area contributed by atoms with Crippen molar-refractivity contribution in [3.63, 3.8) is 0 Å². The predicted octanol–water partition coefficient (Wildman–Crippen LogP) is -3.41. The van der Waals surface area contributed by atoms with E-state index in [1.165, 1.54) is 0 Å². The van der Waals surface area contributed by atoms with E-state index in [1.54, 1.807) is 0 Å². The van der Waals surface area contributed by atoms with Gasteiger partial charge in [-0.2, -0.15) is 4.31 Å². The maximum absolute atomic E-state index is 9.63. The molecule has 0 fully saturated rings. The molecule has 0 radical (unpaired) electrons. The van der Waals surface area contributed by atoms with Crippen LogP contribution in [0, 0.1) is 0 Å². The first-order valence-corrected chi connectivity index (χ1v) is 4.59. The second-order valence-electron chi connectivity index (χ2n) is 1.06. The average molecular weight is 290 g/mol. The maximum atomic E-state index is 9.63. The molecule has 13 heavy (non-hydrogen) atoms. The molecule has 0 aliphatic heterocycles. The van der Waals surface area contributed by atoms with Gasteiger partial charge >= 0.3 is 156 Å². The number of hydrogen-bond donors (Lipinski definition) is 4. The van der Waals surface area contributed by atoms with Crippen LogP contribution in [0.1, 0.15) is 0 Å². The molecule has 0 rings (SSSR count). The Kier molecular flexibility index (Phi) is 31.5. The first kappa shape index (κ1) is 30.7. The van der Waals surface area contributed by atoms with Crippen molar-refractivity contribution in [1.29, 1.82) is 0 Å². The Balaban J connectivity index is -0.0000000533.